The van der Waals surface area contributed by atoms with E-state index in [-0.39, 0.29) is 47.5 Å². The van der Waals surface area contributed by atoms with Gasteiger partial charge in [-0.25, -0.2) is 4.79 Å². The van der Waals surface area contributed by atoms with Gasteiger partial charge in [0.2, 0.25) is 5.79 Å². The highest BCUT2D eigenvalue weighted by Gasteiger charge is 2.46. The third-order valence-corrected chi connectivity index (χ3v) is 10.8. The lowest BCUT2D eigenvalue weighted by Gasteiger charge is -2.43. The zero-order chi connectivity index (χ0) is 35.7. The molecule has 0 fully saturated rings. The number of allylic oxidation sites excluding steroid dienone is 3. The quantitative estimate of drug-likeness (QED) is 0.0767. The average molecular weight is 673 g/mol. The van der Waals surface area contributed by atoms with Crippen molar-refractivity contribution in [2.75, 3.05) is 0 Å². The lowest BCUT2D eigenvalue weighted by molar-refractivity contribution is -0.168. The summed E-state index contributed by atoms with van der Waals surface area (Å²) in [7, 11) is 0. The number of hydrogen-bond acceptors (Lipinski definition) is 7. The van der Waals surface area contributed by atoms with E-state index in [1.54, 1.807) is 12.1 Å². The second-order valence-electron chi connectivity index (χ2n) is 15.2. The second-order valence-corrected chi connectivity index (χ2v) is 15.2. The molecule has 0 saturated heterocycles. The van der Waals surface area contributed by atoms with Crippen LogP contribution in [0.15, 0.2) is 47.6 Å². The monoisotopic (exact) mass is 672 g/mol. The normalized spacial score (nSPS) is 22.9. The molecule has 0 bridgehead atoms. The Balaban J connectivity index is 1.52. The molecule has 2 aromatic carbocycles. The molecule has 7 heteroatoms. The lowest BCUT2D eigenvalue weighted by atomic mass is 9.73. The minimum Gasteiger partial charge on any atom is -0.507 e. The largest absolute Gasteiger partial charge is 0.507 e. The maximum Gasteiger partial charge on any atom is 0.344 e. The Bertz CT molecular complexity index is 1660. The van der Waals surface area contributed by atoms with E-state index in [4.69, 9.17) is 9.47 Å². The zero-order valence-electron chi connectivity index (χ0n) is 30.4. The summed E-state index contributed by atoms with van der Waals surface area (Å²) in [5, 5.41) is 46.5. The maximum atomic E-state index is 14.2. The number of carbonyl (C=O) groups is 1. The number of aryl methyl sites for hydroxylation is 2. The summed E-state index contributed by atoms with van der Waals surface area (Å²) in [5.74, 6) is -2.80. The minimum absolute atomic E-state index is 0.0125. The molecule has 1 aliphatic heterocycles. The first-order chi connectivity index (χ1) is 23.2. The van der Waals surface area contributed by atoms with Crippen molar-refractivity contribution in [2.45, 2.75) is 142 Å². The highest BCUT2D eigenvalue weighted by Crippen LogP contribution is 2.53. The van der Waals surface area contributed by atoms with Crippen LogP contribution in [0.25, 0.3) is 5.57 Å². The summed E-state index contributed by atoms with van der Waals surface area (Å²) in [6.07, 6.45) is 11.4. The molecule has 3 aliphatic rings. The molecule has 2 unspecified atom stereocenters. The molecule has 0 aromatic heterocycles. The van der Waals surface area contributed by atoms with Gasteiger partial charge in [0.1, 0.15) is 34.2 Å². The number of aromatic hydroxyl groups is 3. The van der Waals surface area contributed by atoms with Gasteiger partial charge in [0.25, 0.3) is 0 Å². The van der Waals surface area contributed by atoms with Crippen molar-refractivity contribution in [3.63, 3.8) is 0 Å². The Morgan fingerprint density at radius 1 is 1.00 bits per heavy atom. The van der Waals surface area contributed by atoms with Gasteiger partial charge in [0.15, 0.2) is 0 Å². The van der Waals surface area contributed by atoms with E-state index in [2.05, 4.69) is 26.5 Å². The van der Waals surface area contributed by atoms with Gasteiger partial charge in [-0.3, -0.25) is 0 Å². The number of phenolic OH excluding ortho intramolecular Hbond substituents is 3. The Labute approximate surface area is 292 Å². The molecule has 4 N–H and O–H groups in total. The summed E-state index contributed by atoms with van der Waals surface area (Å²) >= 11 is 0. The Morgan fingerprint density at radius 2 is 1.69 bits per heavy atom. The van der Waals surface area contributed by atoms with E-state index in [1.807, 2.05) is 33.8 Å². The van der Waals surface area contributed by atoms with Crippen LogP contribution in [-0.2, 0) is 17.6 Å². The molecule has 3 atom stereocenters. The van der Waals surface area contributed by atoms with E-state index in [0.717, 1.165) is 85.6 Å². The van der Waals surface area contributed by atoms with Gasteiger partial charge in [-0.1, -0.05) is 63.3 Å². The predicted molar refractivity (Wildman–Crippen MR) is 194 cm³/mol. The number of esters is 1. The third-order valence-electron chi connectivity index (χ3n) is 10.8. The molecule has 2 aliphatic carbocycles. The van der Waals surface area contributed by atoms with Crippen LogP contribution < -0.4 is 4.74 Å². The van der Waals surface area contributed by atoms with E-state index in [0.29, 0.717) is 35.3 Å². The van der Waals surface area contributed by atoms with Crippen LogP contribution in [-0.4, -0.2) is 37.8 Å². The van der Waals surface area contributed by atoms with Crippen LogP contribution in [0, 0.1) is 5.92 Å². The number of hydrogen-bond donors (Lipinski definition) is 4. The van der Waals surface area contributed by atoms with Crippen LogP contribution >= 0.6 is 0 Å². The highest BCUT2D eigenvalue weighted by molar-refractivity contribution is 5.96. The van der Waals surface area contributed by atoms with Gasteiger partial charge in [-0.05, 0) is 119 Å². The van der Waals surface area contributed by atoms with Crippen LogP contribution in [0.3, 0.4) is 0 Å². The van der Waals surface area contributed by atoms with E-state index < -0.39 is 17.4 Å². The number of ether oxygens (including phenoxy) is 2. The molecule has 0 amide bonds. The van der Waals surface area contributed by atoms with Crippen molar-refractivity contribution in [3.05, 3.63) is 75.4 Å². The van der Waals surface area contributed by atoms with Crippen molar-refractivity contribution >= 4 is 11.5 Å². The van der Waals surface area contributed by atoms with Crippen LogP contribution in [0.1, 0.15) is 151 Å². The van der Waals surface area contributed by atoms with Gasteiger partial charge < -0.3 is 29.9 Å². The van der Waals surface area contributed by atoms with Gasteiger partial charge in [0, 0.05) is 24.3 Å². The molecule has 1 heterocycles. The van der Waals surface area contributed by atoms with Gasteiger partial charge >= 0.3 is 5.97 Å². The molecular formula is C42H56O7. The van der Waals surface area contributed by atoms with Crippen molar-refractivity contribution in [3.8, 4) is 23.0 Å². The summed E-state index contributed by atoms with van der Waals surface area (Å²) in [5.41, 5.74) is 5.38. The average Bonchev–Trinajstić information content (AvgIpc) is 3.00. The minimum atomic E-state index is -1.89. The molecule has 7 nitrogen and oxygen atoms in total. The van der Waals surface area contributed by atoms with Crippen molar-refractivity contribution in [1.82, 2.24) is 0 Å². The van der Waals surface area contributed by atoms with Crippen LogP contribution in [0.5, 0.6) is 23.0 Å². The number of unbranched alkanes of at least 4 members (excludes halogenated alkanes) is 4. The fourth-order valence-electron chi connectivity index (χ4n) is 8.21. The molecule has 0 radical (unpaired) electrons. The lowest BCUT2D eigenvalue weighted by Crippen LogP contribution is -2.43. The number of phenols is 3. The second kappa shape index (κ2) is 14.6. The smallest absolute Gasteiger partial charge is 0.344 e. The first kappa shape index (κ1) is 36.6. The summed E-state index contributed by atoms with van der Waals surface area (Å²) in [6, 6.07) is 5.35. The van der Waals surface area contributed by atoms with Crippen molar-refractivity contribution < 1.29 is 34.7 Å². The van der Waals surface area contributed by atoms with Crippen molar-refractivity contribution in [1.29, 1.82) is 0 Å². The first-order valence-corrected chi connectivity index (χ1v) is 18.3. The van der Waals surface area contributed by atoms with Gasteiger partial charge in [-0.2, -0.15) is 0 Å². The molecule has 49 heavy (non-hydrogen) atoms. The number of fused-ring (bicyclic) bond motifs is 2. The first-order valence-electron chi connectivity index (χ1n) is 18.3. The van der Waals surface area contributed by atoms with E-state index in [1.165, 1.54) is 0 Å². The van der Waals surface area contributed by atoms with E-state index >= 15 is 0 Å². The van der Waals surface area contributed by atoms with E-state index in [9.17, 15) is 25.2 Å². The number of benzene rings is 2. The number of carbonyl (C=O) groups excluding carboxylic acids is 1. The number of rotatable bonds is 12. The van der Waals surface area contributed by atoms with Crippen LogP contribution in [0.2, 0.25) is 0 Å². The SMILES string of the molecule is C=C(C)[C@@H]1CCC(C)=CC1c1c(O)cc(CCCCC)c(C(=O)OC2(O)CCC3=C(C2)c2c(O)cc(CCCCC)cc2OC3(C)C)c1O. The van der Waals surface area contributed by atoms with Gasteiger partial charge in [-0.15, -0.1) is 0 Å². The molecular weight excluding hydrogens is 616 g/mol. The van der Waals surface area contributed by atoms with Gasteiger partial charge in [0.05, 0.1) is 5.56 Å². The molecule has 5 rings (SSSR count). The number of aliphatic hydroxyl groups is 1. The topological polar surface area (TPSA) is 116 Å². The Hall–Kier alpha value is -3.71. The highest BCUT2D eigenvalue weighted by atomic mass is 16.7. The molecule has 2 aromatic rings. The Kier molecular flexibility index (Phi) is 10.9. The summed E-state index contributed by atoms with van der Waals surface area (Å²) in [4.78, 5) is 14.2. The molecule has 0 saturated carbocycles. The fraction of sp³-hybridized carbons (Fsp3) is 0.548. The third kappa shape index (κ3) is 7.57. The summed E-state index contributed by atoms with van der Waals surface area (Å²) < 4.78 is 12.5. The Morgan fingerprint density at radius 3 is 2.37 bits per heavy atom. The summed E-state index contributed by atoms with van der Waals surface area (Å²) in [6.45, 7) is 16.4. The standard InChI is InChI=1S/C42H56O7/c1-8-10-12-14-27-21-33(43)37-31-24-42(47,19-18-32(31)41(6,7)48-35(37)22-27)49-40(46)36-28(15-13-11-9-2)23-34(44)38(39(36)45)30-20-26(5)16-17-29(30)25(3)4/h20-23,29-30,43-45,47H,3,8-19,24H2,1-2,4-7H3/t29-,30?,42?/m0/s1. The predicted octanol–water partition coefficient (Wildman–Crippen LogP) is 9.94. The van der Waals surface area contributed by atoms with Crippen molar-refractivity contribution in [2.24, 2.45) is 5.92 Å². The fourth-order valence-corrected chi connectivity index (χ4v) is 8.21. The molecule has 266 valence electrons. The zero-order valence-corrected chi connectivity index (χ0v) is 30.4. The van der Waals surface area contributed by atoms with Crippen LogP contribution in [0.4, 0.5) is 0 Å². The maximum absolute atomic E-state index is 14.2. The molecule has 0 spiro atoms.